The Morgan fingerprint density at radius 1 is 1.21 bits per heavy atom. The summed E-state index contributed by atoms with van der Waals surface area (Å²) in [6.07, 6.45) is 3.72. The van der Waals surface area contributed by atoms with Crippen LogP contribution in [0.4, 0.5) is 18.9 Å². The molecule has 0 atom stereocenters. The van der Waals surface area contributed by atoms with E-state index in [9.17, 15) is 26.9 Å². The van der Waals surface area contributed by atoms with Crippen molar-refractivity contribution in [2.75, 3.05) is 18.0 Å². The zero-order valence-corrected chi connectivity index (χ0v) is 21.1. The quantitative estimate of drug-likeness (QED) is 0.373. The van der Waals surface area contributed by atoms with E-state index in [2.05, 4.69) is 30.2 Å². The van der Waals surface area contributed by atoms with Crippen LogP contribution in [0.2, 0.25) is 0 Å². The van der Waals surface area contributed by atoms with Gasteiger partial charge in [0.05, 0.1) is 35.7 Å². The van der Waals surface area contributed by atoms with Gasteiger partial charge in [-0.2, -0.15) is 23.2 Å². The Hall–Kier alpha value is -3.62. The lowest BCUT2D eigenvalue weighted by atomic mass is 10.0. The van der Waals surface area contributed by atoms with E-state index in [1.54, 1.807) is 17.1 Å². The van der Waals surface area contributed by atoms with Crippen molar-refractivity contribution in [3.8, 4) is 16.9 Å². The van der Waals surface area contributed by atoms with Crippen LogP contribution in [-0.4, -0.2) is 61.6 Å². The Balaban J connectivity index is 1.42. The van der Waals surface area contributed by atoms with Crippen molar-refractivity contribution in [1.29, 1.82) is 5.26 Å². The van der Waals surface area contributed by atoms with Crippen molar-refractivity contribution in [2.45, 2.75) is 48.3 Å². The summed E-state index contributed by atoms with van der Waals surface area (Å²) < 4.78 is 71.8. The molecule has 0 bridgehead atoms. The second-order valence-corrected chi connectivity index (χ2v) is 11.9. The van der Waals surface area contributed by atoms with Crippen LogP contribution in [0.5, 0.6) is 0 Å². The van der Waals surface area contributed by atoms with Crippen LogP contribution in [0, 0.1) is 11.3 Å². The predicted octanol–water partition coefficient (Wildman–Crippen LogP) is 2.64. The molecule has 4 aromatic heterocycles. The number of anilines is 1. The summed E-state index contributed by atoms with van der Waals surface area (Å²) in [5, 5.41) is 23.0. The lowest BCUT2D eigenvalue weighted by Crippen LogP contribution is -2.37. The molecule has 6 rings (SSSR count). The number of nitrogens with one attached hydrogen (secondary N) is 1. The number of rotatable bonds is 6. The summed E-state index contributed by atoms with van der Waals surface area (Å²) in [5.74, 6) is 0.0326. The fourth-order valence-electron chi connectivity index (χ4n) is 4.50. The van der Waals surface area contributed by atoms with Gasteiger partial charge in [-0.15, -0.1) is 15.3 Å². The summed E-state index contributed by atoms with van der Waals surface area (Å²) in [4.78, 5) is 6.15. The third-order valence-electron chi connectivity index (χ3n) is 6.68. The molecule has 2 fully saturated rings. The number of hydrogen-bond acceptors (Lipinski definition) is 10. The minimum atomic E-state index is -4.67. The highest BCUT2D eigenvalue weighted by Gasteiger charge is 2.47. The topological polar surface area (TPSA) is 147 Å². The summed E-state index contributed by atoms with van der Waals surface area (Å²) in [5.41, 5.74) is -0.0998. The first-order chi connectivity index (χ1) is 18.1. The van der Waals surface area contributed by atoms with Crippen molar-refractivity contribution in [3.63, 3.8) is 0 Å². The van der Waals surface area contributed by atoms with Gasteiger partial charge in [0.1, 0.15) is 10.4 Å². The van der Waals surface area contributed by atoms with Crippen LogP contribution >= 0.6 is 11.3 Å². The summed E-state index contributed by atoms with van der Waals surface area (Å²) in [6, 6.07) is 3.64. The maximum atomic E-state index is 13.3. The second kappa shape index (κ2) is 8.71. The van der Waals surface area contributed by atoms with Gasteiger partial charge in [0, 0.05) is 25.5 Å². The van der Waals surface area contributed by atoms with E-state index < -0.39 is 26.7 Å². The van der Waals surface area contributed by atoms with Crippen LogP contribution in [-0.2, 0) is 16.2 Å². The highest BCUT2D eigenvalue weighted by atomic mass is 32.2. The Bertz CT molecular complexity index is 1640. The molecule has 1 saturated carbocycles. The van der Waals surface area contributed by atoms with Crippen molar-refractivity contribution < 1.29 is 21.6 Å². The minimum absolute atomic E-state index is 0.0326. The van der Waals surface area contributed by atoms with Gasteiger partial charge in [0.25, 0.3) is 0 Å². The molecule has 1 aliphatic heterocycles. The number of aromatic nitrogens is 7. The molecule has 198 valence electrons. The molecular weight excluding hydrogens is 545 g/mol. The van der Waals surface area contributed by atoms with Crippen LogP contribution in [0.1, 0.15) is 36.7 Å². The standard InChI is InChI=1S/C21H19F3N10O2S2/c22-21(23,24)19-29-28-18(37-19)17-26-10-16-15(32-6-1-13(2-7-32)34-8-5-27-31-34)9-14(11-33(16)17)38(35,36)30-20(12-25)3-4-20/h5,8-11,13,30H,1-4,6-7H2. The molecule has 0 amide bonds. The van der Waals surface area contributed by atoms with Crippen LogP contribution in [0.15, 0.2) is 35.7 Å². The average molecular weight is 565 g/mol. The first-order valence-electron chi connectivity index (χ1n) is 11.6. The maximum Gasteiger partial charge on any atom is 0.445 e. The maximum absolute atomic E-state index is 13.3. The fraction of sp³-hybridized carbons (Fsp3) is 0.429. The Morgan fingerprint density at radius 3 is 2.58 bits per heavy atom. The lowest BCUT2D eigenvalue weighted by molar-refractivity contribution is -0.138. The van der Waals surface area contributed by atoms with Crippen molar-refractivity contribution in [3.05, 3.63) is 35.9 Å². The molecule has 1 saturated heterocycles. The Kier molecular flexibility index (Phi) is 5.66. The molecule has 12 nitrogen and oxygen atoms in total. The number of hydrogen-bond donors (Lipinski definition) is 1. The van der Waals surface area contributed by atoms with Gasteiger partial charge < -0.3 is 4.90 Å². The molecular formula is C21H19F3N10O2S2. The molecule has 0 radical (unpaired) electrons. The molecule has 1 N–H and O–H groups in total. The molecule has 17 heteroatoms. The van der Waals surface area contributed by atoms with E-state index in [-0.39, 0.29) is 21.8 Å². The first kappa shape index (κ1) is 24.7. The monoisotopic (exact) mass is 564 g/mol. The van der Waals surface area contributed by atoms with Gasteiger partial charge in [-0.25, -0.2) is 18.1 Å². The smallest absolute Gasteiger partial charge is 0.370 e. The van der Waals surface area contributed by atoms with Gasteiger partial charge in [-0.3, -0.25) is 4.40 Å². The van der Waals surface area contributed by atoms with E-state index in [0.29, 0.717) is 61.3 Å². The number of halogens is 3. The Labute approximate surface area is 217 Å². The molecule has 0 aromatic carbocycles. The van der Waals surface area contributed by atoms with Crippen molar-refractivity contribution in [1.82, 2.24) is 39.3 Å². The lowest BCUT2D eigenvalue weighted by Gasteiger charge is -2.34. The highest BCUT2D eigenvalue weighted by Crippen LogP contribution is 2.39. The normalized spacial score (nSPS) is 18.1. The number of fused-ring (bicyclic) bond motifs is 1. The van der Waals surface area contributed by atoms with Crippen molar-refractivity contribution in [2.24, 2.45) is 0 Å². The molecule has 0 unspecified atom stereocenters. The zero-order valence-electron chi connectivity index (χ0n) is 19.5. The molecule has 1 aliphatic carbocycles. The number of imidazole rings is 1. The van der Waals surface area contributed by atoms with E-state index in [0.717, 1.165) is 0 Å². The molecule has 38 heavy (non-hydrogen) atoms. The number of alkyl halides is 3. The number of nitriles is 1. The van der Waals surface area contributed by atoms with Gasteiger partial charge in [-0.1, -0.05) is 16.6 Å². The fourth-order valence-corrected chi connectivity index (χ4v) is 6.60. The zero-order chi connectivity index (χ0) is 26.7. The highest BCUT2D eigenvalue weighted by molar-refractivity contribution is 7.89. The molecule has 4 aromatic rings. The number of piperidine rings is 1. The van der Waals surface area contributed by atoms with E-state index in [1.807, 2.05) is 11.0 Å². The number of nitrogens with zero attached hydrogens (tertiary/aromatic N) is 9. The first-order valence-corrected chi connectivity index (χ1v) is 13.9. The van der Waals surface area contributed by atoms with E-state index >= 15 is 0 Å². The SMILES string of the molecule is N#CC1(NS(=O)(=O)c2cc(N3CCC(n4ccnn4)CC3)c3cnc(-c4nnc(C(F)(F)F)s4)n3c2)CC1. The van der Waals surface area contributed by atoms with Crippen molar-refractivity contribution >= 4 is 32.6 Å². The average Bonchev–Trinajstić information content (AvgIpc) is 3.33. The largest absolute Gasteiger partial charge is 0.445 e. The number of pyridine rings is 1. The minimum Gasteiger partial charge on any atom is -0.370 e. The summed E-state index contributed by atoms with van der Waals surface area (Å²) >= 11 is 0.322. The number of sulfonamides is 1. The molecule has 2 aliphatic rings. The van der Waals surface area contributed by atoms with Crippen LogP contribution in [0.25, 0.3) is 16.3 Å². The van der Waals surface area contributed by atoms with Gasteiger partial charge in [0.2, 0.25) is 15.0 Å². The second-order valence-electron chi connectivity index (χ2n) is 9.21. The molecule has 0 spiro atoms. The van der Waals surface area contributed by atoms with E-state index in [4.69, 9.17) is 0 Å². The van der Waals surface area contributed by atoms with Crippen LogP contribution in [0.3, 0.4) is 0 Å². The van der Waals surface area contributed by atoms with Gasteiger partial charge >= 0.3 is 6.18 Å². The Morgan fingerprint density at radius 2 is 1.97 bits per heavy atom. The summed E-state index contributed by atoms with van der Waals surface area (Å²) in [6.45, 7) is 1.13. The third kappa shape index (κ3) is 4.37. The van der Waals surface area contributed by atoms with Gasteiger partial charge in [0.15, 0.2) is 10.8 Å². The van der Waals surface area contributed by atoms with E-state index in [1.165, 1.54) is 22.9 Å². The predicted molar refractivity (Wildman–Crippen MR) is 128 cm³/mol. The molecule has 5 heterocycles. The van der Waals surface area contributed by atoms with Gasteiger partial charge in [-0.05, 0) is 31.7 Å². The van der Waals surface area contributed by atoms with Crippen LogP contribution < -0.4 is 9.62 Å². The summed E-state index contributed by atoms with van der Waals surface area (Å²) in [7, 11) is -4.14. The third-order valence-corrected chi connectivity index (χ3v) is 9.15.